The third-order valence-electron chi connectivity index (χ3n) is 5.16. The van der Waals surface area contributed by atoms with Gasteiger partial charge < -0.3 is 9.72 Å². The number of pyridine rings is 1. The number of carbonyl (C=O) groups is 2. The SMILES string of the molecule is O=C1NC2(CCc3ccccc32)C(=O)N1Cc1cn2ccccc2n1. The molecule has 3 aromatic rings. The van der Waals surface area contributed by atoms with Crippen LogP contribution in [0.25, 0.3) is 5.65 Å². The number of nitrogens with one attached hydrogen (secondary N) is 1. The molecule has 2 aromatic heterocycles. The third kappa shape index (κ3) is 1.94. The van der Waals surface area contributed by atoms with Crippen molar-refractivity contribution in [1.29, 1.82) is 0 Å². The number of hydrogen-bond donors (Lipinski definition) is 1. The Morgan fingerprint density at radius 2 is 1.96 bits per heavy atom. The molecule has 1 fully saturated rings. The topological polar surface area (TPSA) is 66.7 Å². The largest absolute Gasteiger partial charge is 0.325 e. The Hall–Kier alpha value is -3.15. The highest BCUT2D eigenvalue weighted by molar-refractivity contribution is 6.08. The molecule has 124 valence electrons. The second-order valence-electron chi connectivity index (χ2n) is 6.58. The molecule has 6 nitrogen and oxygen atoms in total. The summed E-state index contributed by atoms with van der Waals surface area (Å²) in [4.78, 5) is 31.4. The number of benzene rings is 1. The number of imidazole rings is 1. The molecule has 1 aromatic carbocycles. The Balaban J connectivity index is 1.49. The van der Waals surface area contributed by atoms with Gasteiger partial charge in [0.15, 0.2) is 0 Å². The number of hydrogen-bond acceptors (Lipinski definition) is 3. The van der Waals surface area contributed by atoms with Gasteiger partial charge in [0.05, 0.1) is 12.2 Å². The van der Waals surface area contributed by atoms with Crippen molar-refractivity contribution in [2.24, 2.45) is 0 Å². The van der Waals surface area contributed by atoms with E-state index in [4.69, 9.17) is 0 Å². The minimum Gasteiger partial charge on any atom is -0.319 e. The minimum atomic E-state index is -0.910. The Kier molecular flexibility index (Phi) is 2.80. The molecule has 1 atom stereocenters. The summed E-state index contributed by atoms with van der Waals surface area (Å²) in [5, 5.41) is 2.94. The molecular formula is C19H16N4O2. The van der Waals surface area contributed by atoms with Crippen LogP contribution in [0.2, 0.25) is 0 Å². The standard InChI is InChI=1S/C19H16N4O2/c24-17-19(9-8-13-5-1-2-6-15(13)19)21-18(25)23(17)12-14-11-22-10-4-3-7-16(22)20-14/h1-7,10-11H,8-9,12H2,(H,21,25). The Labute approximate surface area is 144 Å². The number of imide groups is 1. The quantitative estimate of drug-likeness (QED) is 0.732. The zero-order valence-electron chi connectivity index (χ0n) is 13.5. The first-order valence-electron chi connectivity index (χ1n) is 8.32. The first-order chi connectivity index (χ1) is 12.2. The molecule has 2 aliphatic rings. The fraction of sp³-hybridized carbons (Fsp3) is 0.211. The maximum absolute atomic E-state index is 13.1. The summed E-state index contributed by atoms with van der Waals surface area (Å²) in [6.45, 7) is 0.177. The highest BCUT2D eigenvalue weighted by Crippen LogP contribution is 2.41. The monoisotopic (exact) mass is 332 g/mol. The lowest BCUT2D eigenvalue weighted by Gasteiger charge is -2.22. The Bertz CT molecular complexity index is 992. The molecule has 0 radical (unpaired) electrons. The normalized spacial score (nSPS) is 22.0. The lowest BCUT2D eigenvalue weighted by Crippen LogP contribution is -2.41. The fourth-order valence-electron chi connectivity index (χ4n) is 3.96. The summed E-state index contributed by atoms with van der Waals surface area (Å²) in [6.07, 6.45) is 5.15. The van der Waals surface area contributed by atoms with E-state index in [0.717, 1.165) is 23.2 Å². The van der Waals surface area contributed by atoms with Gasteiger partial charge in [0.25, 0.3) is 5.91 Å². The number of rotatable bonds is 2. The third-order valence-corrected chi connectivity index (χ3v) is 5.16. The van der Waals surface area contributed by atoms with Crippen molar-refractivity contribution in [3.63, 3.8) is 0 Å². The number of urea groups is 1. The minimum absolute atomic E-state index is 0.177. The molecule has 3 amide bonds. The van der Waals surface area contributed by atoms with Crippen LogP contribution in [-0.2, 0) is 23.3 Å². The van der Waals surface area contributed by atoms with Crippen LogP contribution < -0.4 is 5.32 Å². The van der Waals surface area contributed by atoms with Crippen LogP contribution in [0.3, 0.4) is 0 Å². The van der Waals surface area contributed by atoms with Gasteiger partial charge >= 0.3 is 6.03 Å². The van der Waals surface area contributed by atoms with E-state index in [1.165, 1.54) is 4.90 Å². The van der Waals surface area contributed by atoms with E-state index in [1.54, 1.807) is 0 Å². The van der Waals surface area contributed by atoms with Gasteiger partial charge in [-0.25, -0.2) is 9.78 Å². The Morgan fingerprint density at radius 1 is 1.12 bits per heavy atom. The van der Waals surface area contributed by atoms with Gasteiger partial charge in [-0.2, -0.15) is 0 Å². The maximum atomic E-state index is 13.1. The first-order valence-corrected chi connectivity index (χ1v) is 8.32. The molecule has 6 heteroatoms. The summed E-state index contributed by atoms with van der Waals surface area (Å²) in [7, 11) is 0. The average molecular weight is 332 g/mol. The molecule has 0 saturated carbocycles. The number of carbonyl (C=O) groups excluding carboxylic acids is 2. The summed E-state index contributed by atoms with van der Waals surface area (Å²) < 4.78 is 1.88. The van der Waals surface area contributed by atoms with Gasteiger partial charge in [-0.3, -0.25) is 9.69 Å². The van der Waals surface area contributed by atoms with Gasteiger partial charge in [0.1, 0.15) is 11.2 Å². The summed E-state index contributed by atoms with van der Waals surface area (Å²) in [6, 6.07) is 13.2. The van der Waals surface area contributed by atoms with Crippen LogP contribution in [-0.4, -0.2) is 26.2 Å². The van der Waals surface area contributed by atoms with E-state index < -0.39 is 5.54 Å². The molecule has 1 saturated heterocycles. The van der Waals surface area contributed by atoms with Crippen molar-refractivity contribution < 1.29 is 9.59 Å². The molecular weight excluding hydrogens is 316 g/mol. The lowest BCUT2D eigenvalue weighted by atomic mass is 9.92. The number of fused-ring (bicyclic) bond motifs is 3. The van der Waals surface area contributed by atoms with E-state index in [1.807, 2.05) is 59.3 Å². The van der Waals surface area contributed by atoms with E-state index in [9.17, 15) is 9.59 Å². The van der Waals surface area contributed by atoms with E-state index >= 15 is 0 Å². The zero-order chi connectivity index (χ0) is 17.0. The predicted octanol–water partition coefficient (Wildman–Crippen LogP) is 2.23. The highest BCUT2D eigenvalue weighted by atomic mass is 16.2. The van der Waals surface area contributed by atoms with Gasteiger partial charge in [0.2, 0.25) is 0 Å². The number of nitrogens with zero attached hydrogens (tertiary/aromatic N) is 3. The first kappa shape index (κ1) is 14.2. The second-order valence-corrected chi connectivity index (χ2v) is 6.58. The number of amides is 3. The molecule has 25 heavy (non-hydrogen) atoms. The van der Waals surface area contributed by atoms with Crippen LogP contribution >= 0.6 is 0 Å². The zero-order valence-corrected chi connectivity index (χ0v) is 13.5. The van der Waals surface area contributed by atoms with E-state index in [2.05, 4.69) is 10.3 Å². The number of aryl methyl sites for hydroxylation is 1. The van der Waals surface area contributed by atoms with Crippen molar-refractivity contribution in [3.05, 3.63) is 71.7 Å². The molecule has 0 bridgehead atoms. The summed E-state index contributed by atoms with van der Waals surface area (Å²) in [5.41, 5.74) is 2.63. The molecule has 1 N–H and O–H groups in total. The summed E-state index contributed by atoms with van der Waals surface area (Å²) >= 11 is 0. The lowest BCUT2D eigenvalue weighted by molar-refractivity contribution is -0.132. The van der Waals surface area contributed by atoms with Crippen LogP contribution in [0.5, 0.6) is 0 Å². The smallest absolute Gasteiger partial charge is 0.319 e. The van der Waals surface area contributed by atoms with Gasteiger partial charge in [0, 0.05) is 12.4 Å². The second kappa shape index (κ2) is 4.92. The van der Waals surface area contributed by atoms with E-state index in [-0.39, 0.29) is 18.5 Å². The van der Waals surface area contributed by atoms with Crippen molar-refractivity contribution >= 4 is 17.6 Å². The van der Waals surface area contributed by atoms with Crippen LogP contribution in [0.15, 0.2) is 54.9 Å². The van der Waals surface area contributed by atoms with Crippen LogP contribution in [0.4, 0.5) is 4.79 Å². The van der Waals surface area contributed by atoms with Gasteiger partial charge in [-0.1, -0.05) is 30.3 Å². The van der Waals surface area contributed by atoms with Gasteiger partial charge in [-0.15, -0.1) is 0 Å². The molecule has 1 aliphatic carbocycles. The van der Waals surface area contributed by atoms with Crippen molar-refractivity contribution in [2.75, 3.05) is 0 Å². The Morgan fingerprint density at radius 3 is 2.84 bits per heavy atom. The van der Waals surface area contributed by atoms with E-state index in [0.29, 0.717) is 12.1 Å². The average Bonchev–Trinajstić information content (AvgIpc) is 3.27. The maximum Gasteiger partial charge on any atom is 0.325 e. The number of aromatic nitrogens is 2. The van der Waals surface area contributed by atoms with Gasteiger partial charge in [-0.05, 0) is 36.1 Å². The molecule has 3 heterocycles. The van der Waals surface area contributed by atoms with Crippen molar-refractivity contribution in [2.45, 2.75) is 24.9 Å². The molecule has 1 unspecified atom stereocenters. The predicted molar refractivity (Wildman–Crippen MR) is 90.7 cm³/mol. The van der Waals surface area contributed by atoms with Crippen LogP contribution in [0, 0.1) is 0 Å². The molecule has 1 spiro atoms. The molecule has 5 rings (SSSR count). The summed E-state index contributed by atoms with van der Waals surface area (Å²) in [5.74, 6) is -0.181. The van der Waals surface area contributed by atoms with Crippen LogP contribution in [0.1, 0.15) is 23.2 Å². The molecule has 1 aliphatic heterocycles. The fourth-order valence-corrected chi connectivity index (χ4v) is 3.96. The van der Waals surface area contributed by atoms with Crippen molar-refractivity contribution in [3.8, 4) is 0 Å². The highest BCUT2D eigenvalue weighted by Gasteiger charge is 2.55. The van der Waals surface area contributed by atoms with Crippen molar-refractivity contribution in [1.82, 2.24) is 19.6 Å².